The van der Waals surface area contributed by atoms with Crippen molar-refractivity contribution in [1.29, 1.82) is 0 Å². The number of Topliss-reactive ketones (excluding diaryl/α,β-unsaturated/α-hetero) is 1. The first kappa shape index (κ1) is 18.6. The summed E-state index contributed by atoms with van der Waals surface area (Å²) in [6, 6.07) is 14.7. The molecule has 2 aromatic rings. The van der Waals surface area contributed by atoms with Crippen molar-refractivity contribution in [2.24, 2.45) is 0 Å². The molecule has 0 spiro atoms. The van der Waals surface area contributed by atoms with Crippen LogP contribution < -0.4 is 4.90 Å². The Kier molecular flexibility index (Phi) is 5.55. The highest BCUT2D eigenvalue weighted by molar-refractivity contribution is 6.14. The van der Waals surface area contributed by atoms with Crippen LogP contribution in [0.4, 0.5) is 5.69 Å². The van der Waals surface area contributed by atoms with Gasteiger partial charge in [0.1, 0.15) is 0 Å². The van der Waals surface area contributed by atoms with E-state index in [-0.39, 0.29) is 11.3 Å². The number of benzene rings is 2. The standard InChI is InChI=1S/C23H23NO3/c1-24(2)21-12-8-17(9-13-21)15-20-5-3-4-19(22(20)25)14-16-6-10-18(11-7-16)23(26)27/h6-15H,3-5H2,1-2H3,(H,26,27). The van der Waals surface area contributed by atoms with E-state index in [1.54, 1.807) is 24.3 Å². The van der Waals surface area contributed by atoms with Crippen molar-refractivity contribution in [2.45, 2.75) is 19.3 Å². The van der Waals surface area contributed by atoms with E-state index in [1.165, 1.54) is 0 Å². The van der Waals surface area contributed by atoms with Crippen LogP contribution in [-0.4, -0.2) is 31.0 Å². The lowest BCUT2D eigenvalue weighted by atomic mass is 9.87. The van der Waals surface area contributed by atoms with Crippen LogP contribution in [0.15, 0.2) is 59.7 Å². The molecule has 27 heavy (non-hydrogen) atoms. The topological polar surface area (TPSA) is 57.6 Å². The Labute approximate surface area is 159 Å². The first-order chi connectivity index (χ1) is 12.9. The second kappa shape index (κ2) is 8.04. The predicted octanol–water partition coefficient (Wildman–Crippen LogP) is 4.67. The third-order valence-electron chi connectivity index (χ3n) is 4.72. The van der Waals surface area contributed by atoms with Gasteiger partial charge in [-0.25, -0.2) is 4.79 Å². The molecule has 0 amide bonds. The van der Waals surface area contributed by atoms with Gasteiger partial charge in [0, 0.05) is 30.9 Å². The van der Waals surface area contributed by atoms with Gasteiger partial charge in [-0.3, -0.25) is 4.79 Å². The third kappa shape index (κ3) is 4.53. The minimum atomic E-state index is -0.951. The number of allylic oxidation sites excluding steroid dienone is 2. The molecule has 0 bridgehead atoms. The molecule has 0 heterocycles. The van der Waals surface area contributed by atoms with Crippen molar-refractivity contribution in [3.8, 4) is 0 Å². The number of nitrogens with zero attached hydrogens (tertiary/aromatic N) is 1. The minimum absolute atomic E-state index is 0.0836. The summed E-state index contributed by atoms with van der Waals surface area (Å²) < 4.78 is 0. The molecule has 1 aliphatic rings. The molecule has 3 rings (SSSR count). The van der Waals surface area contributed by atoms with Crippen molar-refractivity contribution in [3.05, 3.63) is 76.4 Å². The van der Waals surface area contributed by atoms with E-state index in [0.29, 0.717) is 0 Å². The van der Waals surface area contributed by atoms with Crippen LogP contribution >= 0.6 is 0 Å². The molecule has 0 atom stereocenters. The molecule has 0 radical (unpaired) electrons. The van der Waals surface area contributed by atoms with Crippen LogP contribution in [0.5, 0.6) is 0 Å². The van der Waals surface area contributed by atoms with Gasteiger partial charge in [-0.1, -0.05) is 24.3 Å². The summed E-state index contributed by atoms with van der Waals surface area (Å²) in [7, 11) is 4.00. The summed E-state index contributed by atoms with van der Waals surface area (Å²) in [5.74, 6) is -0.867. The molecule has 0 saturated heterocycles. The molecule has 2 aromatic carbocycles. The number of rotatable bonds is 4. The third-order valence-corrected chi connectivity index (χ3v) is 4.72. The fourth-order valence-corrected chi connectivity index (χ4v) is 3.17. The number of carboxylic acids is 1. The first-order valence-corrected chi connectivity index (χ1v) is 9.00. The van der Waals surface area contributed by atoms with Crippen molar-refractivity contribution < 1.29 is 14.7 Å². The zero-order valence-corrected chi connectivity index (χ0v) is 15.6. The first-order valence-electron chi connectivity index (χ1n) is 9.00. The lowest BCUT2D eigenvalue weighted by molar-refractivity contribution is -0.112. The molecular formula is C23H23NO3. The van der Waals surface area contributed by atoms with Crippen LogP contribution in [0, 0.1) is 0 Å². The van der Waals surface area contributed by atoms with Gasteiger partial charge in [-0.2, -0.15) is 0 Å². The number of carbonyl (C=O) groups excluding carboxylic acids is 1. The fraction of sp³-hybridized carbons (Fsp3) is 0.217. The average Bonchev–Trinajstić information content (AvgIpc) is 2.66. The Hall–Kier alpha value is -3.14. The molecule has 4 heteroatoms. The van der Waals surface area contributed by atoms with Gasteiger partial charge >= 0.3 is 5.97 Å². The van der Waals surface area contributed by atoms with E-state index in [9.17, 15) is 9.59 Å². The second-order valence-electron chi connectivity index (χ2n) is 6.93. The van der Waals surface area contributed by atoms with E-state index in [1.807, 2.05) is 55.4 Å². The summed E-state index contributed by atoms with van der Waals surface area (Å²) in [4.78, 5) is 25.8. The van der Waals surface area contributed by atoms with Crippen molar-refractivity contribution in [3.63, 3.8) is 0 Å². The van der Waals surface area contributed by atoms with Gasteiger partial charge in [0.2, 0.25) is 0 Å². The number of ketones is 1. The monoisotopic (exact) mass is 361 g/mol. The number of carbonyl (C=O) groups is 2. The predicted molar refractivity (Wildman–Crippen MR) is 109 cm³/mol. The highest BCUT2D eigenvalue weighted by Gasteiger charge is 2.20. The molecule has 0 unspecified atom stereocenters. The summed E-state index contributed by atoms with van der Waals surface area (Å²) in [6.45, 7) is 0. The van der Waals surface area contributed by atoms with Crippen molar-refractivity contribution in [1.82, 2.24) is 0 Å². The van der Waals surface area contributed by atoms with Crippen LogP contribution in [0.3, 0.4) is 0 Å². The fourth-order valence-electron chi connectivity index (χ4n) is 3.17. The molecule has 0 aromatic heterocycles. The number of anilines is 1. The van der Waals surface area contributed by atoms with Gasteiger partial charge in [0.15, 0.2) is 5.78 Å². The van der Waals surface area contributed by atoms with Crippen LogP contribution in [0.25, 0.3) is 12.2 Å². The maximum absolute atomic E-state index is 12.8. The summed E-state index contributed by atoms with van der Waals surface area (Å²) in [6.07, 6.45) is 6.31. The normalized spacial score (nSPS) is 17.3. The number of hydrogen-bond donors (Lipinski definition) is 1. The number of hydrogen-bond acceptors (Lipinski definition) is 3. The lowest BCUT2D eigenvalue weighted by Gasteiger charge is -2.17. The summed E-state index contributed by atoms with van der Waals surface area (Å²) >= 11 is 0. The second-order valence-corrected chi connectivity index (χ2v) is 6.93. The maximum atomic E-state index is 12.8. The zero-order valence-electron chi connectivity index (χ0n) is 15.6. The van der Waals surface area contributed by atoms with Crippen molar-refractivity contribution >= 4 is 29.6 Å². The summed E-state index contributed by atoms with van der Waals surface area (Å²) in [5, 5.41) is 8.98. The van der Waals surface area contributed by atoms with Gasteiger partial charge in [-0.15, -0.1) is 0 Å². The summed E-state index contributed by atoms with van der Waals surface area (Å²) in [5.41, 5.74) is 4.84. The molecular weight excluding hydrogens is 338 g/mol. The number of carboxylic acid groups (broad SMARTS) is 1. The smallest absolute Gasteiger partial charge is 0.335 e. The SMILES string of the molecule is CN(C)c1ccc(C=C2CCCC(=Cc3ccc(C(=O)O)cc3)C2=O)cc1. The number of aromatic carboxylic acids is 1. The molecule has 1 fully saturated rings. The van der Waals surface area contributed by atoms with Gasteiger partial charge in [0.05, 0.1) is 5.56 Å². The van der Waals surface area contributed by atoms with Crippen LogP contribution in [0.1, 0.15) is 40.7 Å². The van der Waals surface area contributed by atoms with Crippen LogP contribution in [-0.2, 0) is 4.79 Å². The Morgan fingerprint density at radius 1 is 0.889 bits per heavy atom. The maximum Gasteiger partial charge on any atom is 0.335 e. The quantitative estimate of drug-likeness (QED) is 0.804. The Morgan fingerprint density at radius 2 is 1.37 bits per heavy atom. The van der Waals surface area contributed by atoms with Crippen LogP contribution in [0.2, 0.25) is 0 Å². The van der Waals surface area contributed by atoms with Gasteiger partial charge in [0.25, 0.3) is 0 Å². The van der Waals surface area contributed by atoms with E-state index >= 15 is 0 Å². The van der Waals surface area contributed by atoms with Gasteiger partial charge in [-0.05, 0) is 66.8 Å². The Balaban J connectivity index is 1.81. The highest BCUT2D eigenvalue weighted by Crippen LogP contribution is 2.28. The van der Waals surface area contributed by atoms with E-state index < -0.39 is 5.97 Å². The molecule has 1 saturated carbocycles. The largest absolute Gasteiger partial charge is 0.478 e. The van der Waals surface area contributed by atoms with E-state index in [0.717, 1.165) is 47.2 Å². The average molecular weight is 361 g/mol. The minimum Gasteiger partial charge on any atom is -0.478 e. The van der Waals surface area contributed by atoms with Crippen molar-refractivity contribution in [2.75, 3.05) is 19.0 Å². The molecule has 1 N–H and O–H groups in total. The van der Waals surface area contributed by atoms with E-state index in [2.05, 4.69) is 0 Å². The zero-order chi connectivity index (χ0) is 19.4. The Morgan fingerprint density at radius 3 is 1.81 bits per heavy atom. The molecule has 4 nitrogen and oxygen atoms in total. The van der Waals surface area contributed by atoms with E-state index in [4.69, 9.17) is 5.11 Å². The lowest BCUT2D eigenvalue weighted by Crippen LogP contribution is -2.12. The molecule has 0 aliphatic heterocycles. The molecule has 1 aliphatic carbocycles. The Bertz CT molecular complexity index is 904. The molecule has 138 valence electrons. The van der Waals surface area contributed by atoms with Gasteiger partial charge < -0.3 is 10.0 Å². The highest BCUT2D eigenvalue weighted by atomic mass is 16.4.